The van der Waals surface area contributed by atoms with Crippen LogP contribution >= 0.6 is 0 Å². The topological polar surface area (TPSA) is 6.48 Å². The van der Waals surface area contributed by atoms with E-state index in [1.807, 2.05) is 0 Å². The van der Waals surface area contributed by atoms with E-state index in [2.05, 4.69) is 97.3 Å². The van der Waals surface area contributed by atoms with Crippen LogP contribution in [0.15, 0.2) is 66.7 Å². The van der Waals surface area contributed by atoms with Crippen molar-refractivity contribution in [2.75, 3.05) is 4.90 Å². The van der Waals surface area contributed by atoms with Gasteiger partial charge in [-0.1, -0.05) is 73.5 Å². The Balaban J connectivity index is 1.62. The standard InChI is InChI=1S/C26H32N2/c1-19-11-7-10-16-24(19)27-20(2)25-17-18-26(28(25)21(27)3,23-14-8-9-15-23)22-12-5-4-6-13-22/h4-7,10-13,16-18,20-21,23,25H,8-9,14-15H2,1-3H3/t20-,21?,25?,26?/m0/s1. The van der Waals surface area contributed by atoms with Crippen LogP contribution in [0.5, 0.6) is 0 Å². The minimum Gasteiger partial charge on any atom is -0.351 e. The molecule has 0 aromatic heterocycles. The van der Waals surface area contributed by atoms with Crippen molar-refractivity contribution in [3.8, 4) is 0 Å². The molecule has 0 N–H and O–H groups in total. The average molecular weight is 373 g/mol. The van der Waals surface area contributed by atoms with E-state index in [4.69, 9.17) is 0 Å². The van der Waals surface area contributed by atoms with Gasteiger partial charge in [0.25, 0.3) is 0 Å². The van der Waals surface area contributed by atoms with Crippen LogP contribution in [0.4, 0.5) is 5.69 Å². The summed E-state index contributed by atoms with van der Waals surface area (Å²) in [4.78, 5) is 5.51. The van der Waals surface area contributed by atoms with Crippen molar-refractivity contribution < 1.29 is 0 Å². The Morgan fingerprint density at radius 1 is 0.893 bits per heavy atom. The minimum absolute atomic E-state index is 0.0353. The summed E-state index contributed by atoms with van der Waals surface area (Å²) >= 11 is 0. The molecule has 3 aliphatic rings. The molecular formula is C26H32N2. The van der Waals surface area contributed by atoms with Gasteiger partial charge in [0.1, 0.15) is 0 Å². The van der Waals surface area contributed by atoms with E-state index < -0.39 is 0 Å². The normalized spacial score (nSPS) is 33.0. The molecule has 146 valence electrons. The second-order valence-electron chi connectivity index (χ2n) is 9.00. The molecule has 2 aliphatic heterocycles. The molecule has 3 unspecified atom stereocenters. The molecule has 28 heavy (non-hydrogen) atoms. The molecule has 2 aromatic rings. The zero-order chi connectivity index (χ0) is 19.3. The van der Waals surface area contributed by atoms with Crippen LogP contribution in [0.2, 0.25) is 0 Å². The first-order chi connectivity index (χ1) is 13.6. The monoisotopic (exact) mass is 372 g/mol. The maximum Gasteiger partial charge on any atom is 0.0811 e. The molecule has 2 heteroatoms. The second-order valence-corrected chi connectivity index (χ2v) is 9.00. The number of aryl methyl sites for hydroxylation is 1. The smallest absolute Gasteiger partial charge is 0.0811 e. The summed E-state index contributed by atoms with van der Waals surface area (Å²) in [5.41, 5.74) is 4.27. The Bertz CT molecular complexity index is 867. The maximum atomic E-state index is 2.84. The lowest BCUT2D eigenvalue weighted by molar-refractivity contribution is 0.0596. The Morgan fingerprint density at radius 2 is 1.57 bits per heavy atom. The van der Waals surface area contributed by atoms with Crippen molar-refractivity contribution in [3.05, 3.63) is 77.9 Å². The summed E-state index contributed by atoms with van der Waals surface area (Å²) in [7, 11) is 0. The van der Waals surface area contributed by atoms with E-state index in [9.17, 15) is 0 Å². The van der Waals surface area contributed by atoms with Crippen LogP contribution in [0.3, 0.4) is 0 Å². The van der Waals surface area contributed by atoms with Crippen LogP contribution in [0.1, 0.15) is 50.7 Å². The predicted octanol–water partition coefficient (Wildman–Crippen LogP) is 5.88. The fourth-order valence-electron chi connectivity index (χ4n) is 6.43. The summed E-state index contributed by atoms with van der Waals surface area (Å²) in [5.74, 6) is 0.711. The molecule has 4 atom stereocenters. The second kappa shape index (κ2) is 6.77. The quantitative estimate of drug-likeness (QED) is 0.621. The van der Waals surface area contributed by atoms with E-state index in [0.29, 0.717) is 24.2 Å². The van der Waals surface area contributed by atoms with Gasteiger partial charge in [-0.05, 0) is 56.7 Å². The number of hydrogen-bond acceptors (Lipinski definition) is 2. The molecule has 0 radical (unpaired) electrons. The lowest BCUT2D eigenvalue weighted by Gasteiger charge is -2.46. The van der Waals surface area contributed by atoms with Crippen LogP contribution in [0, 0.1) is 12.8 Å². The first kappa shape index (κ1) is 18.0. The lowest BCUT2D eigenvalue weighted by atomic mass is 9.76. The highest BCUT2D eigenvalue weighted by Crippen LogP contribution is 2.54. The molecule has 0 amide bonds. The fraction of sp³-hybridized carbons (Fsp3) is 0.462. The molecule has 0 spiro atoms. The number of rotatable bonds is 3. The van der Waals surface area contributed by atoms with Crippen molar-refractivity contribution in [2.45, 2.75) is 70.2 Å². The highest BCUT2D eigenvalue weighted by atomic mass is 15.5. The molecule has 1 aliphatic carbocycles. The molecule has 5 rings (SSSR count). The van der Waals surface area contributed by atoms with E-state index in [0.717, 1.165) is 0 Å². The number of benzene rings is 2. The van der Waals surface area contributed by atoms with E-state index in [1.54, 1.807) is 0 Å². The summed E-state index contributed by atoms with van der Waals surface area (Å²) < 4.78 is 0. The van der Waals surface area contributed by atoms with Gasteiger partial charge in [-0.3, -0.25) is 4.90 Å². The van der Waals surface area contributed by atoms with Crippen molar-refractivity contribution in [2.24, 2.45) is 5.92 Å². The van der Waals surface area contributed by atoms with Crippen LogP contribution in [-0.2, 0) is 5.54 Å². The molecule has 2 fully saturated rings. The van der Waals surface area contributed by atoms with Gasteiger partial charge in [-0.2, -0.15) is 0 Å². The zero-order valence-corrected chi connectivity index (χ0v) is 17.4. The molecule has 1 saturated heterocycles. The zero-order valence-electron chi connectivity index (χ0n) is 17.4. The van der Waals surface area contributed by atoms with Gasteiger partial charge in [0, 0.05) is 11.7 Å². The fourth-order valence-corrected chi connectivity index (χ4v) is 6.43. The van der Waals surface area contributed by atoms with E-state index >= 15 is 0 Å². The van der Waals surface area contributed by atoms with E-state index in [1.165, 1.54) is 42.5 Å². The number of hydrogen-bond donors (Lipinski definition) is 0. The largest absolute Gasteiger partial charge is 0.351 e. The SMILES string of the molecule is Cc1ccccc1N1C(C)N2C(C=CC2(c2ccccc2)C2CCCC2)[C@@H]1C. The number of nitrogens with zero attached hydrogens (tertiary/aromatic N) is 2. The number of fused-ring (bicyclic) bond motifs is 1. The van der Waals surface area contributed by atoms with Crippen LogP contribution < -0.4 is 4.90 Å². The molecule has 1 saturated carbocycles. The highest BCUT2D eigenvalue weighted by molar-refractivity contribution is 5.57. The first-order valence-corrected chi connectivity index (χ1v) is 11.0. The van der Waals surface area contributed by atoms with Gasteiger partial charge in [0.05, 0.1) is 17.7 Å². The average Bonchev–Trinajstić information content (AvgIpc) is 3.43. The minimum atomic E-state index is 0.0353. The Kier molecular flexibility index (Phi) is 4.35. The molecule has 2 heterocycles. The van der Waals surface area contributed by atoms with Crippen molar-refractivity contribution in [1.82, 2.24) is 4.90 Å². The van der Waals surface area contributed by atoms with Gasteiger partial charge in [0.15, 0.2) is 0 Å². The Hall–Kier alpha value is -2.06. The molecular weight excluding hydrogens is 340 g/mol. The third-order valence-electron chi connectivity index (χ3n) is 7.64. The van der Waals surface area contributed by atoms with Gasteiger partial charge in [-0.15, -0.1) is 0 Å². The molecule has 2 nitrogen and oxygen atoms in total. The maximum absolute atomic E-state index is 2.84. The lowest BCUT2D eigenvalue weighted by Crippen LogP contribution is -2.52. The van der Waals surface area contributed by atoms with Gasteiger partial charge in [-0.25, -0.2) is 0 Å². The molecule has 0 bridgehead atoms. The Morgan fingerprint density at radius 3 is 2.29 bits per heavy atom. The summed E-state index contributed by atoms with van der Waals surface area (Å²) in [5, 5.41) is 0. The van der Waals surface area contributed by atoms with Crippen molar-refractivity contribution >= 4 is 5.69 Å². The number of para-hydroxylation sites is 1. The predicted molar refractivity (Wildman–Crippen MR) is 117 cm³/mol. The summed E-state index contributed by atoms with van der Waals surface area (Å²) in [6.07, 6.45) is 10.9. The summed E-state index contributed by atoms with van der Waals surface area (Å²) in [6, 6.07) is 21.1. The molecule has 2 aromatic carbocycles. The van der Waals surface area contributed by atoms with Crippen LogP contribution in [-0.4, -0.2) is 23.1 Å². The van der Waals surface area contributed by atoms with Gasteiger partial charge in [0.2, 0.25) is 0 Å². The van der Waals surface area contributed by atoms with Crippen LogP contribution in [0.25, 0.3) is 0 Å². The number of anilines is 1. The third kappa shape index (κ3) is 2.43. The van der Waals surface area contributed by atoms with Gasteiger partial charge >= 0.3 is 0 Å². The highest BCUT2D eigenvalue weighted by Gasteiger charge is 2.57. The van der Waals surface area contributed by atoms with Crippen molar-refractivity contribution in [1.29, 1.82) is 0 Å². The van der Waals surface area contributed by atoms with Gasteiger partial charge < -0.3 is 4.90 Å². The third-order valence-corrected chi connectivity index (χ3v) is 7.64. The Labute approximate surface area is 169 Å². The first-order valence-electron chi connectivity index (χ1n) is 11.0. The summed E-state index contributed by atoms with van der Waals surface area (Å²) in [6.45, 7) is 7.08. The van der Waals surface area contributed by atoms with Crippen molar-refractivity contribution in [3.63, 3.8) is 0 Å². The van der Waals surface area contributed by atoms with E-state index in [-0.39, 0.29) is 5.54 Å².